The average Bonchev–Trinajstić information content (AvgIpc) is 2.54. The highest BCUT2D eigenvalue weighted by atomic mass is 16.4. The van der Waals surface area contributed by atoms with E-state index in [1.807, 2.05) is 6.92 Å². The molecule has 1 aliphatic rings. The molecule has 1 fully saturated rings. The van der Waals surface area contributed by atoms with Gasteiger partial charge in [-0.15, -0.1) is 0 Å². The molecule has 0 aliphatic carbocycles. The largest absolute Gasteiger partial charge is 0.477 e. The predicted octanol–water partition coefficient (Wildman–Crippen LogP) is 0.406. The van der Waals surface area contributed by atoms with Crippen LogP contribution in [0.3, 0.4) is 0 Å². The third kappa shape index (κ3) is 2.84. The van der Waals surface area contributed by atoms with Crippen molar-refractivity contribution in [2.24, 2.45) is 0 Å². The van der Waals surface area contributed by atoms with Crippen LogP contribution < -0.4 is 10.3 Å². The van der Waals surface area contributed by atoms with Crippen molar-refractivity contribution in [1.82, 2.24) is 14.5 Å². The predicted molar refractivity (Wildman–Crippen MR) is 90.5 cm³/mol. The second kappa shape index (κ2) is 5.86. The normalized spacial score (nSPS) is 17.2. The number of fused-ring (bicyclic) bond motifs is 1. The molecule has 24 heavy (non-hydrogen) atoms. The number of hydrogen-bond donors (Lipinski definition) is 1. The van der Waals surface area contributed by atoms with Gasteiger partial charge in [0.1, 0.15) is 11.2 Å². The molecule has 2 aromatic heterocycles. The number of quaternary nitrogens is 1. The second-order valence-corrected chi connectivity index (χ2v) is 6.74. The summed E-state index contributed by atoms with van der Waals surface area (Å²) in [6, 6.07) is 0. The van der Waals surface area contributed by atoms with Crippen LogP contribution in [0.5, 0.6) is 0 Å². The van der Waals surface area contributed by atoms with Crippen molar-refractivity contribution in [2.75, 3.05) is 45.2 Å². The van der Waals surface area contributed by atoms with Gasteiger partial charge >= 0.3 is 5.97 Å². The molecular formula is C16H22N5O3+. The van der Waals surface area contributed by atoms with Gasteiger partial charge in [0.15, 0.2) is 0 Å². The summed E-state index contributed by atoms with van der Waals surface area (Å²) in [5.74, 6) is -0.643. The van der Waals surface area contributed by atoms with E-state index < -0.39 is 11.4 Å². The number of aromatic nitrogens is 3. The van der Waals surface area contributed by atoms with Crippen LogP contribution in [0.2, 0.25) is 0 Å². The van der Waals surface area contributed by atoms with E-state index >= 15 is 0 Å². The first kappa shape index (κ1) is 16.4. The van der Waals surface area contributed by atoms with Crippen molar-refractivity contribution in [3.05, 3.63) is 28.2 Å². The standard InChI is InChI=1S/C16H21N5O3/c1-4-19-10-12(15(23)24)13(22)11-9-17-16(18-14(11)19)20-5-7-21(2,3)8-6-20/h9-10H,4-8H2,1-3H3/p+1. The van der Waals surface area contributed by atoms with E-state index in [0.29, 0.717) is 18.1 Å². The van der Waals surface area contributed by atoms with E-state index in [2.05, 4.69) is 29.0 Å². The Labute approximate surface area is 139 Å². The third-order valence-electron chi connectivity index (χ3n) is 4.61. The molecule has 0 radical (unpaired) electrons. The molecule has 0 atom stereocenters. The fraction of sp³-hybridized carbons (Fsp3) is 0.500. The zero-order chi connectivity index (χ0) is 17.5. The number of carboxylic acids is 1. The van der Waals surface area contributed by atoms with Crippen LogP contribution in [0, 0.1) is 0 Å². The highest BCUT2D eigenvalue weighted by Crippen LogP contribution is 2.17. The number of aryl methyl sites for hydroxylation is 1. The molecule has 3 rings (SSSR count). The van der Waals surface area contributed by atoms with Crippen LogP contribution >= 0.6 is 0 Å². The van der Waals surface area contributed by atoms with E-state index in [1.165, 1.54) is 12.4 Å². The van der Waals surface area contributed by atoms with E-state index in [9.17, 15) is 14.7 Å². The summed E-state index contributed by atoms with van der Waals surface area (Å²) in [6.07, 6.45) is 2.81. The lowest BCUT2D eigenvalue weighted by Crippen LogP contribution is -2.55. The van der Waals surface area contributed by atoms with E-state index in [4.69, 9.17) is 0 Å². The van der Waals surface area contributed by atoms with Gasteiger partial charge < -0.3 is 19.1 Å². The van der Waals surface area contributed by atoms with Gasteiger partial charge in [-0.05, 0) is 6.92 Å². The fourth-order valence-corrected chi connectivity index (χ4v) is 2.92. The smallest absolute Gasteiger partial charge is 0.341 e. The highest BCUT2D eigenvalue weighted by Gasteiger charge is 2.26. The molecule has 0 spiro atoms. The van der Waals surface area contributed by atoms with Gasteiger partial charge in [0.05, 0.1) is 45.7 Å². The number of carbonyl (C=O) groups is 1. The Bertz CT molecular complexity index is 849. The highest BCUT2D eigenvalue weighted by molar-refractivity contribution is 5.91. The van der Waals surface area contributed by atoms with E-state index in [0.717, 1.165) is 30.7 Å². The lowest BCUT2D eigenvalue weighted by molar-refractivity contribution is -0.890. The zero-order valence-electron chi connectivity index (χ0n) is 14.2. The Morgan fingerprint density at radius 2 is 2.00 bits per heavy atom. The summed E-state index contributed by atoms with van der Waals surface area (Å²) < 4.78 is 2.65. The van der Waals surface area contributed by atoms with Gasteiger partial charge in [-0.25, -0.2) is 9.78 Å². The van der Waals surface area contributed by atoms with Gasteiger partial charge in [0.2, 0.25) is 11.4 Å². The SMILES string of the molecule is CCn1cc(C(=O)O)c(=O)c2cnc(N3CC[N+](C)(C)CC3)nc21. The lowest BCUT2D eigenvalue weighted by atomic mass is 10.2. The monoisotopic (exact) mass is 332 g/mol. The molecule has 3 heterocycles. The summed E-state index contributed by atoms with van der Waals surface area (Å²) >= 11 is 0. The number of pyridine rings is 1. The van der Waals surface area contributed by atoms with Gasteiger partial charge in [0.25, 0.3) is 0 Å². The third-order valence-corrected chi connectivity index (χ3v) is 4.61. The van der Waals surface area contributed by atoms with Crippen molar-refractivity contribution in [3.63, 3.8) is 0 Å². The molecule has 2 aromatic rings. The van der Waals surface area contributed by atoms with Crippen molar-refractivity contribution in [3.8, 4) is 0 Å². The molecular weight excluding hydrogens is 310 g/mol. The van der Waals surface area contributed by atoms with Gasteiger partial charge in [-0.2, -0.15) is 4.98 Å². The van der Waals surface area contributed by atoms with Crippen LogP contribution in [-0.4, -0.2) is 70.4 Å². The number of piperazine rings is 1. The maximum Gasteiger partial charge on any atom is 0.341 e. The first-order valence-electron chi connectivity index (χ1n) is 8.03. The number of likely N-dealkylation sites (N-methyl/N-ethyl adjacent to an activating group) is 1. The molecule has 1 aliphatic heterocycles. The quantitative estimate of drug-likeness (QED) is 0.819. The second-order valence-electron chi connectivity index (χ2n) is 6.74. The Hall–Kier alpha value is -2.48. The minimum atomic E-state index is -1.23. The van der Waals surface area contributed by atoms with E-state index in [1.54, 1.807) is 4.57 Å². The molecule has 0 unspecified atom stereocenters. The molecule has 1 N–H and O–H groups in total. The summed E-state index contributed by atoms with van der Waals surface area (Å²) in [5, 5.41) is 9.43. The van der Waals surface area contributed by atoms with Crippen molar-refractivity contribution in [1.29, 1.82) is 0 Å². The summed E-state index contributed by atoms with van der Waals surface area (Å²) in [6.45, 7) is 6.11. The van der Waals surface area contributed by atoms with Crippen LogP contribution in [0.15, 0.2) is 17.2 Å². The van der Waals surface area contributed by atoms with Crippen molar-refractivity contribution >= 4 is 23.0 Å². The van der Waals surface area contributed by atoms with Gasteiger partial charge in [0, 0.05) is 18.9 Å². The van der Waals surface area contributed by atoms with Crippen LogP contribution in [-0.2, 0) is 6.54 Å². The number of hydrogen-bond acceptors (Lipinski definition) is 5. The molecule has 8 nitrogen and oxygen atoms in total. The van der Waals surface area contributed by atoms with Crippen LogP contribution in [0.4, 0.5) is 5.95 Å². The van der Waals surface area contributed by atoms with Crippen LogP contribution in [0.1, 0.15) is 17.3 Å². The first-order valence-corrected chi connectivity index (χ1v) is 8.03. The maximum atomic E-state index is 12.3. The molecule has 0 aromatic carbocycles. The number of rotatable bonds is 3. The average molecular weight is 332 g/mol. The Balaban J connectivity index is 2.07. The van der Waals surface area contributed by atoms with Crippen molar-refractivity contribution in [2.45, 2.75) is 13.5 Å². The fourth-order valence-electron chi connectivity index (χ4n) is 2.92. The molecule has 128 valence electrons. The van der Waals surface area contributed by atoms with Gasteiger partial charge in [-0.1, -0.05) is 0 Å². The summed E-state index contributed by atoms with van der Waals surface area (Å²) in [7, 11) is 4.39. The molecule has 0 saturated carbocycles. The molecule has 1 saturated heterocycles. The number of aromatic carboxylic acids is 1. The van der Waals surface area contributed by atoms with Crippen LogP contribution in [0.25, 0.3) is 11.0 Å². The lowest BCUT2D eigenvalue weighted by Gasteiger charge is -2.39. The molecule has 0 bridgehead atoms. The summed E-state index contributed by atoms with van der Waals surface area (Å²) in [5.41, 5.74) is -0.306. The molecule has 8 heteroatoms. The topological polar surface area (TPSA) is 88.3 Å². The first-order chi connectivity index (χ1) is 11.3. The Kier molecular flexibility index (Phi) is 4.00. The number of carboxylic acid groups (broad SMARTS) is 1. The Morgan fingerprint density at radius 3 is 2.58 bits per heavy atom. The molecule has 0 amide bonds. The van der Waals surface area contributed by atoms with Gasteiger partial charge in [-0.3, -0.25) is 4.79 Å². The summed E-state index contributed by atoms with van der Waals surface area (Å²) in [4.78, 5) is 34.5. The minimum Gasteiger partial charge on any atom is -0.477 e. The van der Waals surface area contributed by atoms with Crippen molar-refractivity contribution < 1.29 is 14.4 Å². The van der Waals surface area contributed by atoms with E-state index in [-0.39, 0.29) is 10.9 Å². The minimum absolute atomic E-state index is 0.244. The number of nitrogens with zero attached hydrogens (tertiary/aromatic N) is 5. The maximum absolute atomic E-state index is 12.3. The number of anilines is 1. The Morgan fingerprint density at radius 1 is 1.33 bits per heavy atom. The zero-order valence-corrected chi connectivity index (χ0v) is 14.2.